The summed E-state index contributed by atoms with van der Waals surface area (Å²) in [6.07, 6.45) is -4.83. The van der Waals surface area contributed by atoms with Crippen LogP contribution in [0.3, 0.4) is 0 Å². The molecule has 1 heterocycles. The molecule has 1 aromatic rings. The fourth-order valence-corrected chi connectivity index (χ4v) is 1.60. The Balaban J connectivity index is 2.85. The molecule has 3 nitrogen and oxygen atoms in total. The number of alkyl halides is 3. The molecule has 17 heavy (non-hydrogen) atoms. The molecule has 0 spiro atoms. The predicted octanol–water partition coefficient (Wildman–Crippen LogP) is 3.64. The Hall–Kier alpha value is -1.04. The molecule has 1 aromatic heterocycles. The molecule has 96 valence electrons. The number of Topliss-reactive ketones (excluding diaryl/α,β-unsaturated/α-hetero) is 1. The van der Waals surface area contributed by atoms with E-state index in [4.69, 9.17) is 11.6 Å². The third-order valence-electron chi connectivity index (χ3n) is 2.14. The zero-order valence-corrected chi connectivity index (χ0v) is 10.1. The number of carbonyl (C=O) groups excluding carboxylic acids is 1. The average Bonchev–Trinajstić information content (AvgIpc) is 2.55. The van der Waals surface area contributed by atoms with Gasteiger partial charge in [-0.15, -0.1) is 0 Å². The van der Waals surface area contributed by atoms with Crippen molar-refractivity contribution in [3.8, 4) is 0 Å². The zero-order chi connectivity index (χ0) is 13.2. The van der Waals surface area contributed by atoms with Gasteiger partial charge in [-0.3, -0.25) is 9.48 Å². The molecule has 0 amide bonds. The van der Waals surface area contributed by atoms with Gasteiger partial charge in [-0.1, -0.05) is 11.6 Å². The van der Waals surface area contributed by atoms with Crippen LogP contribution in [0.25, 0.3) is 0 Å². The molecule has 0 radical (unpaired) electrons. The lowest BCUT2D eigenvalue weighted by atomic mass is 10.1. The van der Waals surface area contributed by atoms with E-state index in [1.807, 2.05) is 0 Å². The lowest BCUT2D eigenvalue weighted by molar-refractivity contribution is -0.133. The molecule has 0 saturated heterocycles. The Morgan fingerprint density at radius 2 is 2.12 bits per heavy atom. The van der Waals surface area contributed by atoms with Crippen LogP contribution in [-0.2, 0) is 0 Å². The maximum atomic E-state index is 12.0. The number of carbonyl (C=O) groups is 1. The van der Waals surface area contributed by atoms with Crippen molar-refractivity contribution in [2.75, 3.05) is 0 Å². The van der Waals surface area contributed by atoms with Gasteiger partial charge in [0, 0.05) is 12.5 Å². The molecule has 0 aromatic carbocycles. The quantitative estimate of drug-likeness (QED) is 0.782. The smallest absolute Gasteiger partial charge is 0.292 e. The average molecular weight is 269 g/mol. The van der Waals surface area contributed by atoms with Crippen molar-refractivity contribution in [3.05, 3.63) is 16.9 Å². The first-order valence-electron chi connectivity index (χ1n) is 5.05. The molecule has 1 rings (SSSR count). The van der Waals surface area contributed by atoms with Crippen molar-refractivity contribution in [2.45, 2.75) is 38.9 Å². The summed E-state index contributed by atoms with van der Waals surface area (Å²) in [5, 5.41) is 3.95. The van der Waals surface area contributed by atoms with E-state index in [0.29, 0.717) is 0 Å². The van der Waals surface area contributed by atoms with Gasteiger partial charge in [0.15, 0.2) is 5.78 Å². The molecular weight excluding hydrogens is 257 g/mol. The molecule has 0 atom stereocenters. The van der Waals surface area contributed by atoms with Crippen molar-refractivity contribution >= 4 is 17.4 Å². The standard InChI is InChI=1S/C10H12ClF3N2O/c1-6(2)16-9(7(11)5-15-16)8(17)3-4-10(12,13)14/h5-6H,3-4H2,1-2H3. The minimum atomic E-state index is -4.34. The molecule has 0 aliphatic rings. The summed E-state index contributed by atoms with van der Waals surface area (Å²) in [7, 11) is 0. The van der Waals surface area contributed by atoms with Gasteiger partial charge in [0.05, 0.1) is 17.6 Å². The third kappa shape index (κ3) is 3.73. The number of hydrogen-bond donors (Lipinski definition) is 0. The molecule has 0 bridgehead atoms. The van der Waals surface area contributed by atoms with Crippen molar-refractivity contribution in [1.29, 1.82) is 0 Å². The van der Waals surface area contributed by atoms with Gasteiger partial charge in [0.1, 0.15) is 5.69 Å². The monoisotopic (exact) mass is 268 g/mol. The number of rotatable bonds is 4. The molecule has 7 heteroatoms. The molecule has 0 fully saturated rings. The van der Waals surface area contributed by atoms with E-state index in [1.54, 1.807) is 13.8 Å². The normalized spacial score (nSPS) is 12.2. The largest absolute Gasteiger partial charge is 0.389 e. The lowest BCUT2D eigenvalue weighted by Gasteiger charge is -2.11. The van der Waals surface area contributed by atoms with E-state index in [0.717, 1.165) is 0 Å². The molecule has 0 aliphatic carbocycles. The second kappa shape index (κ2) is 5.08. The first-order valence-corrected chi connectivity index (χ1v) is 5.43. The topological polar surface area (TPSA) is 34.9 Å². The number of halogens is 4. The molecule has 0 unspecified atom stereocenters. The van der Waals surface area contributed by atoms with Crippen molar-refractivity contribution < 1.29 is 18.0 Å². The van der Waals surface area contributed by atoms with Gasteiger partial charge in [-0.25, -0.2) is 0 Å². The fourth-order valence-electron chi connectivity index (χ4n) is 1.37. The van der Waals surface area contributed by atoms with Crippen molar-refractivity contribution in [1.82, 2.24) is 9.78 Å². The minimum absolute atomic E-state index is 0.0471. The second-order valence-corrected chi connectivity index (χ2v) is 4.32. The van der Waals surface area contributed by atoms with Crippen LogP contribution in [0.1, 0.15) is 43.2 Å². The van der Waals surface area contributed by atoms with Crippen molar-refractivity contribution in [3.63, 3.8) is 0 Å². The summed E-state index contributed by atoms with van der Waals surface area (Å²) < 4.78 is 37.4. The molecule has 0 aliphatic heterocycles. The second-order valence-electron chi connectivity index (χ2n) is 3.92. The van der Waals surface area contributed by atoms with Gasteiger partial charge in [-0.05, 0) is 13.8 Å². The van der Waals surface area contributed by atoms with Gasteiger partial charge < -0.3 is 0 Å². The van der Waals surface area contributed by atoms with Crippen LogP contribution in [0.15, 0.2) is 6.20 Å². The number of nitrogens with zero attached hydrogens (tertiary/aromatic N) is 2. The first-order chi connectivity index (χ1) is 7.72. The van der Waals surface area contributed by atoms with Crippen LogP contribution in [-0.4, -0.2) is 21.7 Å². The van der Waals surface area contributed by atoms with Crippen LogP contribution in [0.5, 0.6) is 0 Å². The third-order valence-corrected chi connectivity index (χ3v) is 2.42. The van der Waals surface area contributed by atoms with E-state index in [-0.39, 0.29) is 16.8 Å². The fraction of sp³-hybridized carbons (Fsp3) is 0.600. The van der Waals surface area contributed by atoms with E-state index < -0.39 is 24.8 Å². The van der Waals surface area contributed by atoms with Crippen LogP contribution in [0.4, 0.5) is 13.2 Å². The summed E-state index contributed by atoms with van der Waals surface area (Å²) in [5.41, 5.74) is 0.0471. The minimum Gasteiger partial charge on any atom is -0.292 e. The van der Waals surface area contributed by atoms with E-state index in [9.17, 15) is 18.0 Å². The summed E-state index contributed by atoms with van der Waals surface area (Å²) >= 11 is 5.75. The van der Waals surface area contributed by atoms with Crippen LogP contribution < -0.4 is 0 Å². The van der Waals surface area contributed by atoms with Crippen molar-refractivity contribution in [2.24, 2.45) is 0 Å². The van der Waals surface area contributed by atoms with Gasteiger partial charge >= 0.3 is 6.18 Å². The Bertz CT molecular complexity index is 412. The maximum absolute atomic E-state index is 12.0. The molecule has 0 saturated carbocycles. The highest BCUT2D eigenvalue weighted by Gasteiger charge is 2.29. The predicted molar refractivity (Wildman–Crippen MR) is 57.2 cm³/mol. The zero-order valence-electron chi connectivity index (χ0n) is 9.38. The number of aromatic nitrogens is 2. The highest BCUT2D eigenvalue weighted by atomic mass is 35.5. The van der Waals surface area contributed by atoms with E-state index in [1.165, 1.54) is 10.9 Å². The summed E-state index contributed by atoms with van der Waals surface area (Å²) in [6, 6.07) is -0.132. The summed E-state index contributed by atoms with van der Waals surface area (Å²) in [5.74, 6) is -0.640. The van der Waals surface area contributed by atoms with Gasteiger partial charge in [0.25, 0.3) is 0 Å². The van der Waals surface area contributed by atoms with Crippen LogP contribution in [0, 0.1) is 0 Å². The highest BCUT2D eigenvalue weighted by Crippen LogP contribution is 2.25. The number of ketones is 1. The van der Waals surface area contributed by atoms with E-state index >= 15 is 0 Å². The summed E-state index contributed by atoms with van der Waals surface area (Å²) in [6.45, 7) is 3.54. The Kier molecular flexibility index (Phi) is 4.19. The first kappa shape index (κ1) is 14.0. The van der Waals surface area contributed by atoms with Crippen LogP contribution >= 0.6 is 11.6 Å². The van der Waals surface area contributed by atoms with Gasteiger partial charge in [0.2, 0.25) is 0 Å². The van der Waals surface area contributed by atoms with Crippen LogP contribution in [0.2, 0.25) is 5.02 Å². The van der Waals surface area contributed by atoms with E-state index in [2.05, 4.69) is 5.10 Å². The molecular formula is C10H12ClF3N2O. The molecule has 0 N–H and O–H groups in total. The van der Waals surface area contributed by atoms with Gasteiger partial charge in [-0.2, -0.15) is 18.3 Å². The number of hydrogen-bond acceptors (Lipinski definition) is 2. The maximum Gasteiger partial charge on any atom is 0.389 e. The Morgan fingerprint density at radius 1 is 1.53 bits per heavy atom. The Morgan fingerprint density at radius 3 is 2.59 bits per heavy atom. The summed E-state index contributed by atoms with van der Waals surface area (Å²) in [4.78, 5) is 11.7. The SMILES string of the molecule is CC(C)n1ncc(Cl)c1C(=O)CCC(F)(F)F. The highest BCUT2D eigenvalue weighted by molar-refractivity contribution is 6.33. The lowest BCUT2D eigenvalue weighted by Crippen LogP contribution is -2.16. The Labute approximate surface area is 102 Å².